The predicted molar refractivity (Wildman–Crippen MR) is 206 cm³/mol. The second kappa shape index (κ2) is 34.2. The van der Waals surface area contributed by atoms with E-state index in [1.165, 1.54) is 154 Å². The van der Waals surface area contributed by atoms with E-state index in [0.717, 1.165) is 31.4 Å². The van der Waals surface area contributed by atoms with Crippen molar-refractivity contribution < 1.29 is 13.6 Å². The molecule has 0 spiro atoms. The topological polar surface area (TPSA) is 78.3 Å². The number of nitrogens with one attached hydrogen (secondary N) is 1. The predicted octanol–water partition coefficient (Wildman–Crippen LogP) is 13.1. The summed E-state index contributed by atoms with van der Waals surface area (Å²) in [5.74, 6) is 0. The largest absolute Gasteiger partial charge is 0.405 e. The number of aryl methyl sites for hydroxylation is 1. The average molecular weight is 693 g/mol. The van der Waals surface area contributed by atoms with Gasteiger partial charge in [0.15, 0.2) is 0 Å². The molecule has 0 bridgehead atoms. The molecule has 0 aliphatic carbocycles. The molecule has 0 saturated heterocycles. The third-order valence-corrected chi connectivity index (χ3v) is 10.5. The Bertz CT molecular complexity index is 872. The fourth-order valence-electron chi connectivity index (χ4n) is 5.85. The van der Waals surface area contributed by atoms with Crippen molar-refractivity contribution >= 4 is 7.75 Å². The molecule has 0 aliphatic rings. The lowest BCUT2D eigenvalue weighted by Gasteiger charge is -2.19. The van der Waals surface area contributed by atoms with E-state index in [4.69, 9.17) is 9.05 Å². The lowest BCUT2D eigenvalue weighted by molar-refractivity contribution is 0.188. The summed E-state index contributed by atoms with van der Waals surface area (Å²) in [5, 5.41) is 11.1. The summed E-state index contributed by atoms with van der Waals surface area (Å²) in [5.41, 5.74) is 0.722. The highest BCUT2D eigenvalue weighted by Crippen LogP contribution is 2.44. The molecule has 1 aromatic rings. The van der Waals surface area contributed by atoms with Crippen LogP contribution in [0.1, 0.15) is 199 Å². The van der Waals surface area contributed by atoms with E-state index in [1.807, 2.05) is 13.2 Å². The highest BCUT2D eigenvalue weighted by molar-refractivity contribution is 7.51. The van der Waals surface area contributed by atoms with Crippen molar-refractivity contribution in [3.05, 3.63) is 36.2 Å². The van der Waals surface area contributed by atoms with Gasteiger partial charge in [0.05, 0.1) is 25.5 Å². The van der Waals surface area contributed by atoms with Crippen molar-refractivity contribution in [2.75, 3.05) is 13.2 Å². The molecule has 48 heavy (non-hydrogen) atoms. The molecule has 0 saturated carbocycles. The van der Waals surface area contributed by atoms with Crippen molar-refractivity contribution in [3.8, 4) is 0 Å². The molecule has 0 aromatic carbocycles. The van der Waals surface area contributed by atoms with Crippen LogP contribution in [0.2, 0.25) is 0 Å². The fraction of sp³-hybridized carbons (Fsp3) is 0.850. The minimum atomic E-state index is -3.40. The summed E-state index contributed by atoms with van der Waals surface area (Å²) < 4.78 is 26.8. The summed E-state index contributed by atoms with van der Waals surface area (Å²) in [6.45, 7) is 5.75. The Kier molecular flexibility index (Phi) is 31.9. The van der Waals surface area contributed by atoms with Crippen molar-refractivity contribution in [1.82, 2.24) is 20.1 Å². The Balaban J connectivity index is 2.11. The summed E-state index contributed by atoms with van der Waals surface area (Å²) in [7, 11) is -1.57. The molecule has 8 heteroatoms. The molecule has 0 radical (unpaired) electrons. The van der Waals surface area contributed by atoms with E-state index >= 15 is 0 Å². The molecule has 1 N–H and O–H groups in total. The molecule has 0 unspecified atom stereocenters. The van der Waals surface area contributed by atoms with E-state index in [-0.39, 0.29) is 0 Å². The van der Waals surface area contributed by atoms with Crippen LogP contribution in [-0.4, -0.2) is 28.2 Å². The lowest BCUT2D eigenvalue weighted by Crippen LogP contribution is -2.16. The Labute approximate surface area is 297 Å². The van der Waals surface area contributed by atoms with Crippen LogP contribution in [0, 0.1) is 0 Å². The fourth-order valence-corrected chi connectivity index (χ4v) is 7.20. The Morgan fingerprint density at radius 1 is 0.583 bits per heavy atom. The third kappa shape index (κ3) is 29.6. The van der Waals surface area contributed by atoms with Gasteiger partial charge in [-0.2, -0.15) is 0 Å². The molecule has 1 aromatic heterocycles. The monoisotopic (exact) mass is 693 g/mol. The number of unbranched alkanes of at least 4 members (excludes halogenated alkanes) is 24. The van der Waals surface area contributed by atoms with Gasteiger partial charge in [-0.15, -0.1) is 5.10 Å². The van der Waals surface area contributed by atoms with E-state index in [1.54, 1.807) is 4.68 Å². The molecule has 0 aliphatic heterocycles. The number of hydrogen-bond acceptors (Lipinski definition) is 5. The van der Waals surface area contributed by atoms with Gasteiger partial charge in [-0.25, -0.2) is 9.65 Å². The number of allylic oxidation sites excluding steroid dienone is 4. The summed E-state index contributed by atoms with van der Waals surface area (Å²) in [6.07, 6.45) is 46.7. The van der Waals surface area contributed by atoms with Gasteiger partial charge < -0.3 is 0 Å². The lowest BCUT2D eigenvalue weighted by atomic mass is 10.1. The van der Waals surface area contributed by atoms with Crippen molar-refractivity contribution in [2.24, 2.45) is 7.05 Å². The van der Waals surface area contributed by atoms with Gasteiger partial charge in [-0.05, 0) is 64.2 Å². The van der Waals surface area contributed by atoms with Gasteiger partial charge in [0.25, 0.3) is 0 Å². The zero-order valence-corrected chi connectivity index (χ0v) is 32.7. The zero-order chi connectivity index (χ0) is 34.6. The molecule has 7 nitrogen and oxygen atoms in total. The molecule has 1 heterocycles. The quantitative estimate of drug-likeness (QED) is 0.0425. The average Bonchev–Trinajstić information content (AvgIpc) is 3.51. The van der Waals surface area contributed by atoms with Crippen molar-refractivity contribution in [3.63, 3.8) is 0 Å². The zero-order valence-electron chi connectivity index (χ0n) is 31.8. The Hall–Kier alpha value is -1.27. The van der Waals surface area contributed by atoms with Gasteiger partial charge in [0, 0.05) is 13.2 Å². The molecule has 280 valence electrons. The van der Waals surface area contributed by atoms with Crippen LogP contribution in [0.4, 0.5) is 0 Å². The Morgan fingerprint density at radius 2 is 0.938 bits per heavy atom. The van der Waals surface area contributed by atoms with E-state index in [0.29, 0.717) is 19.8 Å². The number of rotatable bonds is 37. The molecule has 0 atom stereocenters. The molecule has 0 amide bonds. The molecule has 0 fully saturated rings. The van der Waals surface area contributed by atoms with Crippen molar-refractivity contribution in [2.45, 2.75) is 200 Å². The van der Waals surface area contributed by atoms with Crippen LogP contribution in [0.3, 0.4) is 0 Å². The van der Waals surface area contributed by atoms with Crippen LogP contribution in [0.5, 0.6) is 0 Å². The van der Waals surface area contributed by atoms with Crippen LogP contribution >= 0.6 is 7.75 Å². The first-order valence-corrected chi connectivity index (χ1v) is 21.9. The van der Waals surface area contributed by atoms with Gasteiger partial charge >= 0.3 is 7.75 Å². The third-order valence-electron chi connectivity index (χ3n) is 8.94. The maximum Gasteiger partial charge on any atom is 0.405 e. The maximum absolute atomic E-state index is 13.5. The van der Waals surface area contributed by atoms with Crippen LogP contribution in [0.15, 0.2) is 30.5 Å². The minimum Gasteiger partial charge on any atom is -0.297 e. The second-order valence-corrected chi connectivity index (χ2v) is 15.6. The van der Waals surface area contributed by atoms with E-state index in [9.17, 15) is 4.57 Å². The van der Waals surface area contributed by atoms with Gasteiger partial charge in [-0.1, -0.05) is 159 Å². The maximum atomic E-state index is 13.5. The summed E-state index contributed by atoms with van der Waals surface area (Å²) in [6, 6.07) is 0. The standard InChI is InChI=1S/C40H77N4O3P/c1-4-6-8-10-12-14-16-18-20-22-24-26-28-30-32-34-36-46-48(45,41-38-40-39-44(3)43-42-40)47-37-35-33-31-29-27-25-23-21-19-17-15-13-11-9-7-5-2/h18-21,39H,4-17,22-38H2,1-3H3,(H,41,45)/b20-18-,21-19-. The number of aromatic nitrogens is 3. The highest BCUT2D eigenvalue weighted by atomic mass is 31.2. The number of nitrogens with zero attached hydrogens (tertiary/aromatic N) is 3. The van der Waals surface area contributed by atoms with Gasteiger partial charge in [0.1, 0.15) is 0 Å². The molecular weight excluding hydrogens is 615 g/mol. The van der Waals surface area contributed by atoms with E-state index < -0.39 is 7.75 Å². The first-order chi connectivity index (χ1) is 23.6. The number of hydrogen-bond donors (Lipinski definition) is 1. The summed E-state index contributed by atoms with van der Waals surface area (Å²) >= 11 is 0. The van der Waals surface area contributed by atoms with Gasteiger partial charge in [0.2, 0.25) is 0 Å². The second-order valence-electron chi connectivity index (χ2n) is 13.8. The van der Waals surface area contributed by atoms with Gasteiger partial charge in [-0.3, -0.25) is 13.7 Å². The van der Waals surface area contributed by atoms with E-state index in [2.05, 4.69) is 53.6 Å². The molecule has 1 rings (SSSR count). The summed E-state index contributed by atoms with van der Waals surface area (Å²) in [4.78, 5) is 0. The van der Waals surface area contributed by atoms with Crippen molar-refractivity contribution in [1.29, 1.82) is 0 Å². The van der Waals surface area contributed by atoms with Crippen LogP contribution in [0.25, 0.3) is 0 Å². The Morgan fingerprint density at radius 3 is 1.29 bits per heavy atom. The van der Waals surface area contributed by atoms with Crippen LogP contribution < -0.4 is 5.09 Å². The molecular formula is C40H77N4O3P. The highest BCUT2D eigenvalue weighted by Gasteiger charge is 2.24. The first-order valence-electron chi connectivity index (χ1n) is 20.4. The minimum absolute atomic E-state index is 0.311. The first kappa shape index (κ1) is 44.8. The smallest absolute Gasteiger partial charge is 0.297 e. The normalized spacial score (nSPS) is 12.3. The van der Waals surface area contributed by atoms with Crippen LogP contribution in [-0.2, 0) is 27.2 Å². The SMILES string of the molecule is CCCCCCCC/C=C\CCCCCCCCOP(=O)(NCc1cn(C)nn1)OCCCCCCCC/C=C\CCCCCCCC.